The first-order valence-electron chi connectivity index (χ1n) is 6.43. The van der Waals surface area contributed by atoms with E-state index in [-0.39, 0.29) is 18.9 Å². The number of amides is 2. The van der Waals surface area contributed by atoms with E-state index >= 15 is 0 Å². The first-order valence-corrected chi connectivity index (χ1v) is 6.43. The van der Waals surface area contributed by atoms with Crippen molar-refractivity contribution in [3.63, 3.8) is 0 Å². The molecule has 20 heavy (non-hydrogen) atoms. The van der Waals surface area contributed by atoms with E-state index < -0.39 is 17.9 Å². The van der Waals surface area contributed by atoms with Crippen LogP contribution in [0.25, 0.3) is 0 Å². The van der Waals surface area contributed by atoms with Gasteiger partial charge in [0, 0.05) is 12.5 Å². The van der Waals surface area contributed by atoms with Crippen LogP contribution in [-0.2, 0) is 19.1 Å². The molecule has 1 aromatic carbocycles. The van der Waals surface area contributed by atoms with Crippen molar-refractivity contribution in [1.29, 1.82) is 0 Å². The molecule has 1 heterocycles. The van der Waals surface area contributed by atoms with Gasteiger partial charge in [-0.25, -0.2) is 4.79 Å². The van der Waals surface area contributed by atoms with E-state index in [1.807, 2.05) is 0 Å². The summed E-state index contributed by atoms with van der Waals surface area (Å²) in [5.41, 5.74) is 1.02. The Kier molecular flexibility index (Phi) is 4.02. The number of hydrogen-bond acceptors (Lipinski definition) is 4. The number of para-hydroxylation sites is 2. The third-order valence-electron chi connectivity index (χ3n) is 3.03. The molecule has 1 atom stereocenters. The van der Waals surface area contributed by atoms with Gasteiger partial charge in [-0.05, 0) is 26.0 Å². The molecule has 0 saturated carbocycles. The SMILES string of the molecule is CCOC(=O)C(=O)N1c2ccccc2NC(=O)C[C@H]1C. The normalized spacial score (nSPS) is 17.8. The first kappa shape index (κ1) is 14.0. The summed E-state index contributed by atoms with van der Waals surface area (Å²) in [6.07, 6.45) is 0.125. The molecular formula is C14H16N2O4. The van der Waals surface area contributed by atoms with Crippen molar-refractivity contribution >= 4 is 29.2 Å². The molecule has 2 amide bonds. The van der Waals surface area contributed by atoms with E-state index in [1.54, 1.807) is 38.1 Å². The number of anilines is 2. The summed E-state index contributed by atoms with van der Waals surface area (Å²) in [5, 5.41) is 2.72. The lowest BCUT2D eigenvalue weighted by atomic mass is 10.1. The summed E-state index contributed by atoms with van der Waals surface area (Å²) in [5.74, 6) is -1.86. The molecule has 0 fully saturated rings. The number of benzene rings is 1. The van der Waals surface area contributed by atoms with Gasteiger partial charge in [0.1, 0.15) is 0 Å². The zero-order valence-corrected chi connectivity index (χ0v) is 11.4. The van der Waals surface area contributed by atoms with Crippen LogP contribution in [0, 0.1) is 0 Å². The van der Waals surface area contributed by atoms with Crippen LogP contribution in [-0.4, -0.2) is 30.4 Å². The zero-order valence-electron chi connectivity index (χ0n) is 11.4. The third-order valence-corrected chi connectivity index (χ3v) is 3.03. The summed E-state index contributed by atoms with van der Waals surface area (Å²) < 4.78 is 4.75. The smallest absolute Gasteiger partial charge is 0.397 e. The molecule has 0 aromatic heterocycles. The molecule has 6 heteroatoms. The second kappa shape index (κ2) is 5.73. The molecule has 0 unspecified atom stereocenters. The number of ether oxygens (including phenoxy) is 1. The van der Waals surface area contributed by atoms with Crippen LogP contribution in [0.3, 0.4) is 0 Å². The van der Waals surface area contributed by atoms with Crippen LogP contribution < -0.4 is 10.2 Å². The highest BCUT2D eigenvalue weighted by atomic mass is 16.5. The maximum Gasteiger partial charge on any atom is 0.397 e. The van der Waals surface area contributed by atoms with Crippen molar-refractivity contribution in [1.82, 2.24) is 0 Å². The molecule has 106 valence electrons. The van der Waals surface area contributed by atoms with Gasteiger partial charge in [0.15, 0.2) is 0 Å². The number of rotatable bonds is 1. The van der Waals surface area contributed by atoms with Gasteiger partial charge in [0.25, 0.3) is 0 Å². The maximum atomic E-state index is 12.2. The Balaban J connectivity index is 2.42. The first-order chi connectivity index (χ1) is 9.54. The van der Waals surface area contributed by atoms with E-state index in [9.17, 15) is 14.4 Å². The van der Waals surface area contributed by atoms with E-state index in [4.69, 9.17) is 4.74 Å². The predicted octanol–water partition coefficient (Wildman–Crippen LogP) is 1.31. The number of hydrogen-bond donors (Lipinski definition) is 1. The summed E-state index contributed by atoms with van der Waals surface area (Å²) in [4.78, 5) is 37.0. The molecule has 6 nitrogen and oxygen atoms in total. The zero-order chi connectivity index (χ0) is 14.7. The van der Waals surface area contributed by atoms with Gasteiger partial charge in [-0.2, -0.15) is 0 Å². The van der Waals surface area contributed by atoms with E-state index in [0.717, 1.165) is 0 Å². The van der Waals surface area contributed by atoms with Crippen molar-refractivity contribution in [2.45, 2.75) is 26.3 Å². The number of carbonyl (C=O) groups is 3. The molecule has 2 rings (SSSR count). The fourth-order valence-electron chi connectivity index (χ4n) is 2.19. The van der Waals surface area contributed by atoms with Crippen molar-refractivity contribution in [2.24, 2.45) is 0 Å². The Morgan fingerprint density at radius 2 is 2.10 bits per heavy atom. The average molecular weight is 276 g/mol. The van der Waals surface area contributed by atoms with Gasteiger partial charge in [0.05, 0.1) is 18.0 Å². The molecule has 1 aromatic rings. The Morgan fingerprint density at radius 3 is 2.80 bits per heavy atom. The Bertz CT molecular complexity index is 556. The number of esters is 1. The van der Waals surface area contributed by atoms with E-state index in [0.29, 0.717) is 11.4 Å². The van der Waals surface area contributed by atoms with Crippen LogP contribution >= 0.6 is 0 Å². The second-order valence-electron chi connectivity index (χ2n) is 4.51. The lowest BCUT2D eigenvalue weighted by Gasteiger charge is -2.26. The molecule has 1 aliphatic rings. The average Bonchev–Trinajstić information content (AvgIpc) is 2.52. The van der Waals surface area contributed by atoms with Gasteiger partial charge in [-0.1, -0.05) is 12.1 Å². The lowest BCUT2D eigenvalue weighted by Crippen LogP contribution is -2.43. The molecular weight excluding hydrogens is 260 g/mol. The number of fused-ring (bicyclic) bond motifs is 1. The quantitative estimate of drug-likeness (QED) is 0.620. The molecule has 1 N–H and O–H groups in total. The number of nitrogens with one attached hydrogen (secondary N) is 1. The predicted molar refractivity (Wildman–Crippen MR) is 73.3 cm³/mol. The minimum atomic E-state index is -0.913. The molecule has 0 bridgehead atoms. The Labute approximate surface area is 116 Å². The Morgan fingerprint density at radius 1 is 1.40 bits per heavy atom. The second-order valence-corrected chi connectivity index (χ2v) is 4.51. The molecule has 0 spiro atoms. The van der Waals surface area contributed by atoms with Gasteiger partial charge in [-0.3, -0.25) is 14.5 Å². The topological polar surface area (TPSA) is 75.7 Å². The summed E-state index contributed by atoms with van der Waals surface area (Å²) in [6, 6.07) is 6.46. The largest absolute Gasteiger partial charge is 0.459 e. The van der Waals surface area contributed by atoms with Gasteiger partial charge in [-0.15, -0.1) is 0 Å². The molecule has 1 aliphatic heterocycles. The lowest BCUT2D eigenvalue weighted by molar-refractivity contribution is -0.153. The maximum absolute atomic E-state index is 12.2. The highest BCUT2D eigenvalue weighted by Gasteiger charge is 2.33. The van der Waals surface area contributed by atoms with Crippen molar-refractivity contribution in [3.05, 3.63) is 24.3 Å². The van der Waals surface area contributed by atoms with Crippen LogP contribution in [0.1, 0.15) is 20.3 Å². The van der Waals surface area contributed by atoms with Crippen LogP contribution in [0.4, 0.5) is 11.4 Å². The molecule has 0 radical (unpaired) electrons. The third kappa shape index (κ3) is 2.64. The fourth-order valence-corrected chi connectivity index (χ4v) is 2.19. The highest BCUT2D eigenvalue weighted by molar-refractivity contribution is 6.38. The monoisotopic (exact) mass is 276 g/mol. The molecule has 0 saturated heterocycles. The standard InChI is InChI=1S/C14H16N2O4/c1-3-20-14(19)13(18)16-9(2)8-12(17)15-10-6-4-5-7-11(10)16/h4-7,9H,3,8H2,1-2H3,(H,15,17)/t9-/m1/s1. The van der Waals surface area contributed by atoms with Crippen molar-refractivity contribution < 1.29 is 19.1 Å². The summed E-state index contributed by atoms with van der Waals surface area (Å²) >= 11 is 0. The van der Waals surface area contributed by atoms with Gasteiger partial charge < -0.3 is 10.1 Å². The van der Waals surface area contributed by atoms with Crippen molar-refractivity contribution in [2.75, 3.05) is 16.8 Å². The fraction of sp³-hybridized carbons (Fsp3) is 0.357. The van der Waals surface area contributed by atoms with Crippen LogP contribution in [0.5, 0.6) is 0 Å². The van der Waals surface area contributed by atoms with Gasteiger partial charge >= 0.3 is 11.9 Å². The van der Waals surface area contributed by atoms with Crippen LogP contribution in [0.15, 0.2) is 24.3 Å². The van der Waals surface area contributed by atoms with Crippen LogP contribution in [0.2, 0.25) is 0 Å². The van der Waals surface area contributed by atoms with E-state index in [1.165, 1.54) is 4.90 Å². The van der Waals surface area contributed by atoms with E-state index in [2.05, 4.69) is 5.32 Å². The summed E-state index contributed by atoms with van der Waals surface area (Å²) in [7, 11) is 0. The minimum absolute atomic E-state index is 0.125. The number of carbonyl (C=O) groups excluding carboxylic acids is 3. The molecule has 0 aliphatic carbocycles. The summed E-state index contributed by atoms with van der Waals surface area (Å²) in [6.45, 7) is 3.49. The highest BCUT2D eigenvalue weighted by Crippen LogP contribution is 2.31. The Hall–Kier alpha value is -2.37. The minimum Gasteiger partial charge on any atom is -0.459 e. The van der Waals surface area contributed by atoms with Gasteiger partial charge in [0.2, 0.25) is 5.91 Å². The number of nitrogens with zero attached hydrogens (tertiary/aromatic N) is 1. The van der Waals surface area contributed by atoms with Crippen molar-refractivity contribution in [3.8, 4) is 0 Å².